The predicted molar refractivity (Wildman–Crippen MR) is 106 cm³/mol. The normalized spacial score (nSPS) is 11.7. The van der Waals surface area contributed by atoms with Crippen molar-refractivity contribution in [3.8, 4) is 17.0 Å². The molecule has 3 aromatic rings. The van der Waals surface area contributed by atoms with Gasteiger partial charge < -0.3 is 15.9 Å². The van der Waals surface area contributed by atoms with Crippen LogP contribution in [-0.2, 0) is 5.54 Å². The molecule has 0 saturated heterocycles. The Morgan fingerprint density at radius 1 is 1.27 bits per heavy atom. The molecule has 0 amide bonds. The molecule has 0 bridgehead atoms. The standard InChI is InChI=1S/C20H25N5O/c1-6-15(21)17-18(24-25(19(17)22)20(2,3)4)13-9-12-7-8-14(26-5)10-16(12)23-11-13/h7-11,21H,6,22H2,1-5H3. The maximum absolute atomic E-state index is 8.37. The van der Waals surface area contributed by atoms with Gasteiger partial charge in [-0.1, -0.05) is 6.92 Å². The number of fused-ring (bicyclic) bond motifs is 1. The fourth-order valence-electron chi connectivity index (χ4n) is 2.98. The Balaban J connectivity index is 2.22. The van der Waals surface area contributed by atoms with E-state index < -0.39 is 0 Å². The van der Waals surface area contributed by atoms with Gasteiger partial charge in [0, 0.05) is 28.9 Å². The first-order valence-corrected chi connectivity index (χ1v) is 8.67. The Labute approximate surface area is 153 Å². The fourth-order valence-corrected chi connectivity index (χ4v) is 2.98. The number of ether oxygens (including phenoxy) is 1. The molecule has 2 heterocycles. The van der Waals surface area contributed by atoms with Crippen LogP contribution in [0.5, 0.6) is 5.75 Å². The van der Waals surface area contributed by atoms with Crippen LogP contribution in [0.15, 0.2) is 30.5 Å². The van der Waals surface area contributed by atoms with Crippen molar-refractivity contribution in [2.45, 2.75) is 39.7 Å². The molecule has 2 aromatic heterocycles. The summed E-state index contributed by atoms with van der Waals surface area (Å²) in [6, 6.07) is 7.81. The summed E-state index contributed by atoms with van der Waals surface area (Å²) in [5, 5.41) is 14.1. The predicted octanol–water partition coefficient (Wildman–Crippen LogP) is 4.22. The molecule has 0 spiro atoms. The third kappa shape index (κ3) is 3.03. The molecule has 0 aliphatic carbocycles. The summed E-state index contributed by atoms with van der Waals surface area (Å²) in [6.07, 6.45) is 2.37. The lowest BCUT2D eigenvalue weighted by atomic mass is 10.0. The van der Waals surface area contributed by atoms with Gasteiger partial charge in [0.05, 0.1) is 23.7 Å². The number of hydrogen-bond donors (Lipinski definition) is 2. The lowest BCUT2D eigenvalue weighted by molar-refractivity contribution is 0.362. The number of hydrogen-bond acceptors (Lipinski definition) is 5. The van der Waals surface area contributed by atoms with Gasteiger partial charge in [-0.3, -0.25) is 4.98 Å². The summed E-state index contributed by atoms with van der Waals surface area (Å²) >= 11 is 0. The molecule has 3 N–H and O–H groups in total. The van der Waals surface area contributed by atoms with E-state index in [1.165, 1.54) is 0 Å². The summed E-state index contributed by atoms with van der Waals surface area (Å²) in [4.78, 5) is 4.55. The number of nitrogen functional groups attached to an aromatic ring is 1. The molecule has 0 unspecified atom stereocenters. The Kier molecular flexibility index (Phi) is 4.44. The maximum Gasteiger partial charge on any atom is 0.132 e. The molecule has 6 nitrogen and oxygen atoms in total. The van der Waals surface area contributed by atoms with Crippen LogP contribution >= 0.6 is 0 Å². The summed E-state index contributed by atoms with van der Waals surface area (Å²) in [6.45, 7) is 8.09. The zero-order valence-electron chi connectivity index (χ0n) is 15.9. The molecule has 1 aromatic carbocycles. The van der Waals surface area contributed by atoms with E-state index in [1.54, 1.807) is 18.0 Å². The number of nitrogens with zero attached hydrogens (tertiary/aromatic N) is 3. The van der Waals surface area contributed by atoms with Crippen molar-refractivity contribution >= 4 is 22.4 Å². The maximum atomic E-state index is 8.37. The number of methoxy groups -OCH3 is 1. The van der Waals surface area contributed by atoms with E-state index in [4.69, 9.17) is 21.0 Å². The molecule has 136 valence electrons. The second kappa shape index (κ2) is 6.44. The zero-order valence-corrected chi connectivity index (χ0v) is 15.9. The minimum Gasteiger partial charge on any atom is -0.497 e. The topological polar surface area (TPSA) is 89.8 Å². The first-order chi connectivity index (χ1) is 12.3. The highest BCUT2D eigenvalue weighted by atomic mass is 16.5. The number of nitrogens with one attached hydrogen (secondary N) is 1. The molecule has 0 saturated carbocycles. The second-order valence-corrected chi connectivity index (χ2v) is 7.31. The third-order valence-corrected chi connectivity index (χ3v) is 4.38. The number of anilines is 1. The van der Waals surface area contributed by atoms with E-state index in [9.17, 15) is 0 Å². The van der Waals surface area contributed by atoms with Gasteiger partial charge in [0.1, 0.15) is 17.3 Å². The lowest BCUT2D eigenvalue weighted by Gasteiger charge is -2.20. The van der Waals surface area contributed by atoms with Gasteiger partial charge >= 0.3 is 0 Å². The van der Waals surface area contributed by atoms with Gasteiger partial charge in [-0.2, -0.15) is 5.10 Å². The van der Waals surface area contributed by atoms with E-state index in [0.717, 1.165) is 22.2 Å². The van der Waals surface area contributed by atoms with Gasteiger partial charge in [0.2, 0.25) is 0 Å². The van der Waals surface area contributed by atoms with Crippen LogP contribution in [0.3, 0.4) is 0 Å². The van der Waals surface area contributed by atoms with Crippen LogP contribution in [0, 0.1) is 5.41 Å². The van der Waals surface area contributed by atoms with E-state index in [0.29, 0.717) is 29.2 Å². The van der Waals surface area contributed by atoms with Crippen LogP contribution in [0.4, 0.5) is 5.82 Å². The molecular weight excluding hydrogens is 326 g/mol. The van der Waals surface area contributed by atoms with Crippen molar-refractivity contribution in [3.05, 3.63) is 36.0 Å². The van der Waals surface area contributed by atoms with Gasteiger partial charge in [0.15, 0.2) is 0 Å². The Hall–Kier alpha value is -2.89. The molecule has 0 radical (unpaired) electrons. The van der Waals surface area contributed by atoms with Crippen LogP contribution in [0.1, 0.15) is 39.7 Å². The van der Waals surface area contributed by atoms with E-state index in [2.05, 4.69) is 4.98 Å². The zero-order chi connectivity index (χ0) is 19.1. The lowest BCUT2D eigenvalue weighted by Crippen LogP contribution is -2.25. The third-order valence-electron chi connectivity index (χ3n) is 4.38. The van der Waals surface area contributed by atoms with Crippen molar-refractivity contribution < 1.29 is 4.74 Å². The van der Waals surface area contributed by atoms with Crippen molar-refractivity contribution in [3.63, 3.8) is 0 Å². The molecule has 6 heteroatoms. The molecule has 0 aliphatic heterocycles. The number of pyridine rings is 1. The molecular formula is C20H25N5O. The van der Waals surface area contributed by atoms with Gasteiger partial charge in [-0.25, -0.2) is 4.68 Å². The van der Waals surface area contributed by atoms with Gasteiger partial charge in [-0.15, -0.1) is 0 Å². The fraction of sp³-hybridized carbons (Fsp3) is 0.350. The average molecular weight is 351 g/mol. The first kappa shape index (κ1) is 17.9. The Bertz CT molecular complexity index is 982. The molecule has 0 atom stereocenters. The van der Waals surface area contributed by atoms with Crippen molar-refractivity contribution in [1.82, 2.24) is 14.8 Å². The molecule has 3 rings (SSSR count). The van der Waals surface area contributed by atoms with Gasteiger partial charge in [-0.05, 0) is 45.4 Å². The van der Waals surface area contributed by atoms with Crippen LogP contribution in [0.25, 0.3) is 22.2 Å². The summed E-state index contributed by atoms with van der Waals surface area (Å²) < 4.78 is 7.05. The monoisotopic (exact) mass is 351 g/mol. The van der Waals surface area contributed by atoms with E-state index in [1.807, 2.05) is 52.0 Å². The highest BCUT2D eigenvalue weighted by Gasteiger charge is 2.26. The van der Waals surface area contributed by atoms with Crippen molar-refractivity contribution in [1.29, 1.82) is 5.41 Å². The summed E-state index contributed by atoms with van der Waals surface area (Å²) in [7, 11) is 1.64. The highest BCUT2D eigenvalue weighted by molar-refractivity contribution is 6.07. The summed E-state index contributed by atoms with van der Waals surface area (Å²) in [5.74, 6) is 1.29. The Morgan fingerprint density at radius 2 is 2.00 bits per heavy atom. The minimum atomic E-state index is -0.275. The van der Waals surface area contributed by atoms with E-state index >= 15 is 0 Å². The molecule has 0 fully saturated rings. The average Bonchev–Trinajstić information content (AvgIpc) is 2.97. The largest absolute Gasteiger partial charge is 0.497 e. The first-order valence-electron chi connectivity index (χ1n) is 8.67. The SMILES string of the molecule is CCC(=N)c1c(-c2cnc3cc(OC)ccc3c2)nn(C(C)(C)C)c1N. The quantitative estimate of drug-likeness (QED) is 0.689. The minimum absolute atomic E-state index is 0.275. The number of benzene rings is 1. The van der Waals surface area contributed by atoms with Crippen LogP contribution < -0.4 is 10.5 Å². The number of aromatic nitrogens is 3. The Morgan fingerprint density at radius 3 is 2.62 bits per heavy atom. The smallest absolute Gasteiger partial charge is 0.132 e. The van der Waals surface area contributed by atoms with Crippen LogP contribution in [0.2, 0.25) is 0 Å². The summed E-state index contributed by atoms with van der Waals surface area (Å²) in [5.41, 5.74) is 9.67. The molecule has 26 heavy (non-hydrogen) atoms. The van der Waals surface area contributed by atoms with Gasteiger partial charge in [0.25, 0.3) is 0 Å². The second-order valence-electron chi connectivity index (χ2n) is 7.31. The number of nitrogens with two attached hydrogens (primary N) is 1. The number of rotatable bonds is 4. The van der Waals surface area contributed by atoms with E-state index in [-0.39, 0.29) is 5.54 Å². The highest BCUT2D eigenvalue weighted by Crippen LogP contribution is 2.33. The molecule has 0 aliphatic rings. The van der Waals surface area contributed by atoms with Crippen molar-refractivity contribution in [2.24, 2.45) is 0 Å². The van der Waals surface area contributed by atoms with Crippen molar-refractivity contribution in [2.75, 3.05) is 12.8 Å². The van der Waals surface area contributed by atoms with Crippen LogP contribution in [-0.4, -0.2) is 27.6 Å².